The lowest BCUT2D eigenvalue weighted by atomic mass is 10.0. The summed E-state index contributed by atoms with van der Waals surface area (Å²) in [5.74, 6) is 0.122. The number of likely N-dealkylation sites (N-methyl/N-ethyl adjacent to an activating group) is 1. The molecule has 0 fully saturated rings. The number of H-pyrrole nitrogens is 1. The van der Waals surface area contributed by atoms with Gasteiger partial charge in [-0.15, -0.1) is 0 Å². The van der Waals surface area contributed by atoms with Crippen molar-refractivity contribution in [2.24, 2.45) is 5.73 Å². The van der Waals surface area contributed by atoms with Crippen molar-refractivity contribution >= 4 is 11.6 Å². The Labute approximate surface area is 105 Å². The molecule has 1 aromatic carbocycles. The topological polar surface area (TPSA) is 75.0 Å². The van der Waals surface area contributed by atoms with Crippen LogP contribution in [0.1, 0.15) is 22.9 Å². The molecule has 92 valence electrons. The molecular weight excluding hydrogens is 228 g/mol. The molecule has 2 aromatic rings. The first-order valence-corrected chi connectivity index (χ1v) is 5.81. The Hall–Kier alpha value is -2.14. The molecule has 5 heteroatoms. The highest BCUT2D eigenvalue weighted by atomic mass is 16.2. The first-order chi connectivity index (χ1) is 8.66. The van der Waals surface area contributed by atoms with Crippen LogP contribution in [0.4, 0.5) is 5.69 Å². The Morgan fingerprint density at radius 1 is 1.44 bits per heavy atom. The summed E-state index contributed by atoms with van der Waals surface area (Å²) in [4.78, 5) is 13.3. The second kappa shape index (κ2) is 3.96. The van der Waals surface area contributed by atoms with Crippen molar-refractivity contribution in [3.8, 4) is 0 Å². The number of amides is 1. The summed E-state index contributed by atoms with van der Waals surface area (Å²) in [5.41, 5.74) is 10.0. The number of carbonyl (C=O) groups is 1. The van der Waals surface area contributed by atoms with Crippen LogP contribution in [0.25, 0.3) is 0 Å². The van der Waals surface area contributed by atoms with E-state index < -0.39 is 0 Å². The van der Waals surface area contributed by atoms with Gasteiger partial charge in [-0.3, -0.25) is 9.89 Å². The standard InChI is InChI=1S/C13H14N4O/c1-17-11-3-2-8(6-9(11)7-12(17)18)13(14)10-4-5-15-16-10/h2-6,13H,7,14H2,1H3,(H,15,16). The molecule has 0 radical (unpaired) electrons. The maximum Gasteiger partial charge on any atom is 0.231 e. The van der Waals surface area contributed by atoms with Crippen molar-refractivity contribution < 1.29 is 4.79 Å². The molecule has 0 bridgehead atoms. The highest BCUT2D eigenvalue weighted by molar-refractivity contribution is 6.00. The third kappa shape index (κ3) is 1.60. The number of fused-ring (bicyclic) bond motifs is 1. The number of aromatic amines is 1. The molecule has 0 spiro atoms. The third-order valence-electron chi connectivity index (χ3n) is 3.40. The number of carbonyl (C=O) groups excluding carboxylic acids is 1. The highest BCUT2D eigenvalue weighted by Gasteiger charge is 2.24. The zero-order valence-electron chi connectivity index (χ0n) is 10.1. The van der Waals surface area contributed by atoms with Crippen molar-refractivity contribution in [1.82, 2.24) is 10.2 Å². The van der Waals surface area contributed by atoms with Crippen LogP contribution in [-0.4, -0.2) is 23.2 Å². The minimum Gasteiger partial charge on any atom is -0.319 e. The van der Waals surface area contributed by atoms with E-state index in [-0.39, 0.29) is 11.9 Å². The largest absolute Gasteiger partial charge is 0.319 e. The van der Waals surface area contributed by atoms with Crippen LogP contribution in [0.5, 0.6) is 0 Å². The number of nitrogens with one attached hydrogen (secondary N) is 1. The highest BCUT2D eigenvalue weighted by Crippen LogP contribution is 2.30. The Bertz CT molecular complexity index is 591. The van der Waals surface area contributed by atoms with E-state index >= 15 is 0 Å². The van der Waals surface area contributed by atoms with E-state index in [9.17, 15) is 4.79 Å². The van der Waals surface area contributed by atoms with E-state index in [4.69, 9.17) is 5.73 Å². The van der Waals surface area contributed by atoms with Gasteiger partial charge in [-0.25, -0.2) is 0 Å². The molecule has 5 nitrogen and oxygen atoms in total. The maximum atomic E-state index is 11.6. The molecule has 1 atom stereocenters. The number of hydrogen-bond donors (Lipinski definition) is 2. The summed E-state index contributed by atoms with van der Waals surface area (Å²) < 4.78 is 0. The maximum absolute atomic E-state index is 11.6. The molecule has 2 heterocycles. The number of nitrogens with two attached hydrogens (primary N) is 1. The van der Waals surface area contributed by atoms with Gasteiger partial charge in [0.1, 0.15) is 0 Å². The second-order valence-electron chi connectivity index (χ2n) is 4.51. The van der Waals surface area contributed by atoms with Crippen molar-refractivity contribution in [3.63, 3.8) is 0 Å². The van der Waals surface area contributed by atoms with Gasteiger partial charge < -0.3 is 10.6 Å². The van der Waals surface area contributed by atoms with Crippen LogP contribution in [0, 0.1) is 0 Å². The Kier molecular flexibility index (Phi) is 2.41. The Balaban J connectivity index is 1.97. The van der Waals surface area contributed by atoms with Gasteiger partial charge in [-0.05, 0) is 23.3 Å². The van der Waals surface area contributed by atoms with Crippen LogP contribution >= 0.6 is 0 Å². The van der Waals surface area contributed by atoms with Gasteiger partial charge in [0.05, 0.1) is 18.2 Å². The van der Waals surface area contributed by atoms with E-state index in [0.29, 0.717) is 6.42 Å². The lowest BCUT2D eigenvalue weighted by Crippen LogP contribution is -2.20. The van der Waals surface area contributed by atoms with Crippen LogP contribution in [0.15, 0.2) is 30.5 Å². The number of anilines is 1. The summed E-state index contributed by atoms with van der Waals surface area (Å²) in [6.45, 7) is 0. The van der Waals surface area contributed by atoms with Gasteiger partial charge in [-0.1, -0.05) is 12.1 Å². The third-order valence-corrected chi connectivity index (χ3v) is 3.40. The first-order valence-electron chi connectivity index (χ1n) is 5.81. The fraction of sp³-hybridized carbons (Fsp3) is 0.231. The van der Waals surface area contributed by atoms with Crippen LogP contribution in [0.2, 0.25) is 0 Å². The lowest BCUT2D eigenvalue weighted by Gasteiger charge is -2.13. The monoisotopic (exact) mass is 242 g/mol. The fourth-order valence-electron chi connectivity index (χ4n) is 2.30. The SMILES string of the molecule is CN1C(=O)Cc2cc(C(N)c3ccn[nH]3)ccc21. The molecule has 1 aliphatic heterocycles. The van der Waals surface area contributed by atoms with Crippen molar-refractivity contribution in [2.45, 2.75) is 12.5 Å². The summed E-state index contributed by atoms with van der Waals surface area (Å²) in [6.07, 6.45) is 2.13. The van der Waals surface area contributed by atoms with Crippen molar-refractivity contribution in [1.29, 1.82) is 0 Å². The predicted molar refractivity (Wildman–Crippen MR) is 68.2 cm³/mol. The van der Waals surface area contributed by atoms with E-state index in [1.54, 1.807) is 18.1 Å². The summed E-state index contributed by atoms with van der Waals surface area (Å²) in [6, 6.07) is 7.53. The van der Waals surface area contributed by atoms with E-state index in [1.165, 1.54) is 0 Å². The number of nitrogens with zero attached hydrogens (tertiary/aromatic N) is 2. The van der Waals surface area contributed by atoms with Gasteiger partial charge in [-0.2, -0.15) is 5.10 Å². The lowest BCUT2D eigenvalue weighted by molar-refractivity contribution is -0.117. The van der Waals surface area contributed by atoms with Gasteiger partial charge in [0.15, 0.2) is 0 Å². The molecule has 1 unspecified atom stereocenters. The molecule has 0 saturated carbocycles. The molecule has 3 rings (SSSR count). The Morgan fingerprint density at radius 2 is 2.28 bits per heavy atom. The molecule has 0 aliphatic carbocycles. The van der Waals surface area contributed by atoms with Gasteiger partial charge >= 0.3 is 0 Å². The number of aromatic nitrogens is 2. The van der Waals surface area contributed by atoms with Gasteiger partial charge in [0, 0.05) is 18.9 Å². The van der Waals surface area contributed by atoms with E-state index in [1.807, 2.05) is 24.3 Å². The van der Waals surface area contributed by atoms with Crippen molar-refractivity contribution in [3.05, 3.63) is 47.3 Å². The van der Waals surface area contributed by atoms with Crippen molar-refractivity contribution in [2.75, 3.05) is 11.9 Å². The number of rotatable bonds is 2. The smallest absolute Gasteiger partial charge is 0.231 e. The van der Waals surface area contributed by atoms with Crippen LogP contribution < -0.4 is 10.6 Å². The molecular formula is C13H14N4O. The normalized spacial score (nSPS) is 15.9. The molecule has 18 heavy (non-hydrogen) atoms. The van der Waals surface area contributed by atoms with Gasteiger partial charge in [0.2, 0.25) is 5.91 Å². The number of benzene rings is 1. The minimum absolute atomic E-state index is 0.122. The van der Waals surface area contributed by atoms with Crippen LogP contribution in [0.3, 0.4) is 0 Å². The molecule has 1 aliphatic rings. The quantitative estimate of drug-likeness (QED) is 0.824. The first kappa shape index (κ1) is 11.0. The molecule has 3 N–H and O–H groups in total. The Morgan fingerprint density at radius 3 is 3.00 bits per heavy atom. The zero-order chi connectivity index (χ0) is 12.7. The average molecular weight is 242 g/mol. The zero-order valence-corrected chi connectivity index (χ0v) is 10.1. The second-order valence-corrected chi connectivity index (χ2v) is 4.51. The van der Waals surface area contributed by atoms with Crippen LogP contribution in [-0.2, 0) is 11.2 Å². The molecule has 0 saturated heterocycles. The molecule has 1 aromatic heterocycles. The number of hydrogen-bond acceptors (Lipinski definition) is 3. The average Bonchev–Trinajstić information content (AvgIpc) is 2.98. The predicted octanol–water partition coefficient (Wildman–Crippen LogP) is 0.977. The van der Waals surface area contributed by atoms with E-state index in [0.717, 1.165) is 22.5 Å². The summed E-state index contributed by atoms with van der Waals surface area (Å²) in [7, 11) is 1.79. The summed E-state index contributed by atoms with van der Waals surface area (Å²) >= 11 is 0. The van der Waals surface area contributed by atoms with E-state index in [2.05, 4.69) is 10.2 Å². The summed E-state index contributed by atoms with van der Waals surface area (Å²) in [5, 5.41) is 6.77. The molecule has 1 amide bonds. The fourth-order valence-corrected chi connectivity index (χ4v) is 2.30. The minimum atomic E-state index is -0.237. The van der Waals surface area contributed by atoms with Gasteiger partial charge in [0.25, 0.3) is 0 Å².